The molecule has 0 aromatic heterocycles. The molecule has 0 unspecified atom stereocenters. The Morgan fingerprint density at radius 3 is 1.96 bits per heavy atom. The van der Waals surface area contributed by atoms with E-state index < -0.39 is 0 Å². The van der Waals surface area contributed by atoms with Crippen LogP contribution in [0.3, 0.4) is 0 Å². The van der Waals surface area contributed by atoms with E-state index in [9.17, 15) is 9.59 Å². The van der Waals surface area contributed by atoms with Gasteiger partial charge in [0.05, 0.1) is 0 Å². The van der Waals surface area contributed by atoms with Crippen LogP contribution in [0.15, 0.2) is 72.4 Å². The van der Waals surface area contributed by atoms with Gasteiger partial charge in [-0.05, 0) is 36.1 Å². The third kappa shape index (κ3) is 5.95. The van der Waals surface area contributed by atoms with Crippen LogP contribution >= 0.6 is 0 Å². The van der Waals surface area contributed by atoms with Gasteiger partial charge in [-0.15, -0.1) is 0 Å². The zero-order valence-corrected chi connectivity index (χ0v) is 16.0. The largest absolute Gasteiger partial charge is 0.337 e. The molecule has 2 aromatic rings. The monoisotopic (exact) mass is 374 g/mol. The molecule has 1 saturated heterocycles. The van der Waals surface area contributed by atoms with Gasteiger partial charge in [0.1, 0.15) is 5.70 Å². The highest BCUT2D eigenvalue weighted by Gasteiger charge is 2.20. The van der Waals surface area contributed by atoms with Crippen LogP contribution in [0.5, 0.6) is 0 Å². The van der Waals surface area contributed by atoms with Crippen molar-refractivity contribution in [1.82, 2.24) is 10.2 Å². The molecule has 4 nitrogen and oxygen atoms in total. The first-order chi connectivity index (χ1) is 13.7. The molecule has 28 heavy (non-hydrogen) atoms. The van der Waals surface area contributed by atoms with E-state index in [1.165, 1.54) is 6.08 Å². The Labute approximate surface area is 166 Å². The highest BCUT2D eigenvalue weighted by molar-refractivity contribution is 6.04. The fourth-order valence-corrected chi connectivity index (χ4v) is 3.22. The average Bonchev–Trinajstić information content (AvgIpc) is 3.02. The number of benzene rings is 2. The summed E-state index contributed by atoms with van der Waals surface area (Å²) in [4.78, 5) is 27.4. The van der Waals surface area contributed by atoms with E-state index >= 15 is 0 Å². The van der Waals surface area contributed by atoms with Crippen molar-refractivity contribution < 1.29 is 9.59 Å². The van der Waals surface area contributed by atoms with E-state index in [0.717, 1.165) is 49.9 Å². The molecular weight excluding hydrogens is 348 g/mol. The molecule has 0 bridgehead atoms. The van der Waals surface area contributed by atoms with Crippen LogP contribution < -0.4 is 5.32 Å². The topological polar surface area (TPSA) is 49.4 Å². The van der Waals surface area contributed by atoms with E-state index in [4.69, 9.17) is 0 Å². The minimum atomic E-state index is -0.311. The summed E-state index contributed by atoms with van der Waals surface area (Å²) < 4.78 is 0. The van der Waals surface area contributed by atoms with Crippen LogP contribution in [0.1, 0.15) is 36.8 Å². The Balaban J connectivity index is 1.77. The smallest absolute Gasteiger partial charge is 0.270 e. The zero-order valence-electron chi connectivity index (χ0n) is 16.0. The predicted octanol–water partition coefficient (Wildman–Crippen LogP) is 4.26. The molecule has 0 aliphatic carbocycles. The van der Waals surface area contributed by atoms with Gasteiger partial charge in [0.2, 0.25) is 5.91 Å². The third-order valence-corrected chi connectivity index (χ3v) is 4.72. The van der Waals surface area contributed by atoms with E-state index in [0.29, 0.717) is 5.70 Å². The Hall–Kier alpha value is -3.14. The summed E-state index contributed by atoms with van der Waals surface area (Å²) in [5.74, 6) is -0.429. The molecule has 2 aromatic carbocycles. The number of nitrogens with one attached hydrogen (secondary N) is 1. The van der Waals surface area contributed by atoms with Crippen LogP contribution in [0.4, 0.5) is 0 Å². The van der Waals surface area contributed by atoms with Gasteiger partial charge in [-0.25, -0.2) is 0 Å². The first-order valence-electron chi connectivity index (χ1n) is 9.82. The zero-order chi connectivity index (χ0) is 19.6. The average molecular weight is 374 g/mol. The van der Waals surface area contributed by atoms with E-state index in [-0.39, 0.29) is 11.8 Å². The molecule has 1 heterocycles. The van der Waals surface area contributed by atoms with Crippen LogP contribution in [0, 0.1) is 0 Å². The molecule has 1 N–H and O–H groups in total. The minimum absolute atomic E-state index is 0.118. The van der Waals surface area contributed by atoms with Gasteiger partial charge < -0.3 is 10.2 Å². The molecule has 1 aliphatic rings. The number of carbonyl (C=O) groups is 2. The van der Waals surface area contributed by atoms with Gasteiger partial charge >= 0.3 is 0 Å². The van der Waals surface area contributed by atoms with E-state index in [2.05, 4.69) is 5.32 Å². The molecule has 3 rings (SSSR count). The van der Waals surface area contributed by atoms with Crippen LogP contribution in [0.25, 0.3) is 12.2 Å². The highest BCUT2D eigenvalue weighted by Crippen LogP contribution is 2.14. The summed E-state index contributed by atoms with van der Waals surface area (Å²) in [6.07, 6.45) is 9.26. The normalized spacial score (nSPS) is 15.3. The first-order valence-corrected chi connectivity index (χ1v) is 9.82. The van der Waals surface area contributed by atoms with Crippen molar-refractivity contribution in [2.24, 2.45) is 0 Å². The molecule has 2 amide bonds. The van der Waals surface area contributed by atoms with Gasteiger partial charge in [-0.1, -0.05) is 73.5 Å². The Morgan fingerprint density at radius 1 is 0.786 bits per heavy atom. The maximum Gasteiger partial charge on any atom is 0.270 e. The molecule has 144 valence electrons. The van der Waals surface area contributed by atoms with Gasteiger partial charge in [-0.3, -0.25) is 9.59 Å². The Bertz CT molecular complexity index is 833. The van der Waals surface area contributed by atoms with Gasteiger partial charge in [0.15, 0.2) is 0 Å². The van der Waals surface area contributed by atoms with Gasteiger partial charge in [0.25, 0.3) is 5.91 Å². The number of carbonyl (C=O) groups excluding carboxylic acids is 2. The second kappa shape index (κ2) is 10.3. The molecule has 4 heteroatoms. The van der Waals surface area contributed by atoms with Gasteiger partial charge in [0, 0.05) is 19.2 Å². The minimum Gasteiger partial charge on any atom is -0.337 e. The number of rotatable bonds is 5. The van der Waals surface area contributed by atoms with E-state index in [1.54, 1.807) is 12.2 Å². The maximum absolute atomic E-state index is 13.1. The maximum atomic E-state index is 13.1. The SMILES string of the molecule is O=C(/C=C/c1ccccc1)N/C(=C\c1ccccc1)C(=O)N1CCCCCC1. The van der Waals surface area contributed by atoms with Crippen molar-refractivity contribution in [3.05, 3.63) is 83.6 Å². The lowest BCUT2D eigenvalue weighted by Gasteiger charge is -2.22. The van der Waals surface area contributed by atoms with Crippen molar-refractivity contribution in [2.45, 2.75) is 25.7 Å². The lowest BCUT2D eigenvalue weighted by molar-refractivity contribution is -0.128. The summed E-state index contributed by atoms with van der Waals surface area (Å²) in [6.45, 7) is 1.47. The van der Waals surface area contributed by atoms with Crippen molar-refractivity contribution in [3.8, 4) is 0 Å². The fraction of sp³-hybridized carbons (Fsp3) is 0.250. The molecule has 0 saturated carbocycles. The molecule has 1 fully saturated rings. The predicted molar refractivity (Wildman–Crippen MR) is 113 cm³/mol. The van der Waals surface area contributed by atoms with Crippen LogP contribution in [-0.2, 0) is 9.59 Å². The second-order valence-corrected chi connectivity index (χ2v) is 6.91. The lowest BCUT2D eigenvalue weighted by Crippen LogP contribution is -2.38. The van der Waals surface area contributed by atoms with Crippen molar-refractivity contribution in [1.29, 1.82) is 0 Å². The number of hydrogen-bond donors (Lipinski definition) is 1. The number of likely N-dealkylation sites (tertiary alicyclic amines) is 1. The summed E-state index contributed by atoms with van der Waals surface area (Å²) in [6, 6.07) is 19.2. The highest BCUT2D eigenvalue weighted by atomic mass is 16.2. The molecule has 1 aliphatic heterocycles. The number of hydrogen-bond acceptors (Lipinski definition) is 2. The summed E-state index contributed by atoms with van der Waals surface area (Å²) >= 11 is 0. The number of nitrogens with zero attached hydrogens (tertiary/aromatic N) is 1. The summed E-state index contributed by atoms with van der Waals surface area (Å²) in [7, 11) is 0. The van der Waals surface area contributed by atoms with Crippen molar-refractivity contribution in [2.75, 3.05) is 13.1 Å². The standard InChI is InChI=1S/C24H26N2O2/c27-23(16-15-20-11-5-3-6-12-20)25-22(19-21-13-7-4-8-14-21)24(28)26-17-9-1-2-10-18-26/h3-8,11-16,19H,1-2,9-10,17-18H2,(H,25,27)/b16-15+,22-19-. The second-order valence-electron chi connectivity index (χ2n) is 6.91. The van der Waals surface area contributed by atoms with Crippen LogP contribution in [-0.4, -0.2) is 29.8 Å². The van der Waals surface area contributed by atoms with Crippen LogP contribution in [0.2, 0.25) is 0 Å². The van der Waals surface area contributed by atoms with Crippen molar-refractivity contribution in [3.63, 3.8) is 0 Å². The molecule has 0 radical (unpaired) electrons. The third-order valence-electron chi connectivity index (χ3n) is 4.72. The summed E-state index contributed by atoms with van der Waals surface area (Å²) in [5.41, 5.74) is 2.13. The Kier molecular flexibility index (Phi) is 7.19. The lowest BCUT2D eigenvalue weighted by atomic mass is 10.1. The van der Waals surface area contributed by atoms with Crippen molar-refractivity contribution >= 4 is 24.0 Å². The summed E-state index contributed by atoms with van der Waals surface area (Å²) in [5, 5.41) is 2.80. The Morgan fingerprint density at radius 2 is 1.36 bits per heavy atom. The number of amides is 2. The molecular formula is C24H26N2O2. The van der Waals surface area contributed by atoms with Gasteiger partial charge in [-0.2, -0.15) is 0 Å². The quantitative estimate of drug-likeness (QED) is 0.795. The molecule has 0 atom stereocenters. The molecule has 0 spiro atoms. The first kappa shape index (κ1) is 19.6. The fourth-order valence-electron chi connectivity index (χ4n) is 3.22. The van der Waals surface area contributed by atoms with E-state index in [1.807, 2.05) is 65.6 Å².